The molecule has 1 amide bonds. The third-order valence-corrected chi connectivity index (χ3v) is 5.63. The van der Waals surface area contributed by atoms with Crippen molar-refractivity contribution < 1.29 is 9.59 Å². The minimum Gasteiger partial charge on any atom is -0.361 e. The first-order chi connectivity index (χ1) is 13.6. The molecule has 0 aliphatic carbocycles. The molecule has 6 heteroatoms. The van der Waals surface area contributed by atoms with Gasteiger partial charge >= 0.3 is 0 Å². The van der Waals surface area contributed by atoms with Crippen molar-refractivity contribution in [1.29, 1.82) is 0 Å². The van der Waals surface area contributed by atoms with Crippen molar-refractivity contribution in [2.24, 2.45) is 0 Å². The second-order valence-electron chi connectivity index (χ2n) is 7.12. The molecule has 1 fully saturated rings. The Morgan fingerprint density at radius 1 is 1.07 bits per heavy atom. The Balaban J connectivity index is 1.33. The molecular formula is C22H22ClN3O2. The van der Waals surface area contributed by atoms with Crippen molar-refractivity contribution in [1.82, 2.24) is 14.8 Å². The number of H-pyrrole nitrogens is 1. The second-order valence-corrected chi connectivity index (χ2v) is 7.56. The smallest absolute Gasteiger partial charge is 0.254 e. The third-order valence-electron chi connectivity index (χ3n) is 5.39. The molecule has 2 aromatic carbocycles. The number of nitrogens with one attached hydrogen (secondary N) is 1. The van der Waals surface area contributed by atoms with Crippen LogP contribution in [0.1, 0.15) is 26.3 Å². The largest absolute Gasteiger partial charge is 0.361 e. The zero-order valence-corrected chi connectivity index (χ0v) is 16.3. The highest BCUT2D eigenvalue weighted by Gasteiger charge is 2.22. The van der Waals surface area contributed by atoms with Crippen molar-refractivity contribution in [3.05, 3.63) is 70.4 Å². The van der Waals surface area contributed by atoms with Gasteiger partial charge in [-0.2, -0.15) is 0 Å². The number of carbonyl (C=O) groups excluding carboxylic acids is 2. The Labute approximate surface area is 168 Å². The highest BCUT2D eigenvalue weighted by molar-refractivity contribution is 6.30. The fraction of sp³-hybridized carbons (Fsp3) is 0.273. The van der Waals surface area contributed by atoms with Crippen LogP contribution in [0.2, 0.25) is 5.02 Å². The van der Waals surface area contributed by atoms with Crippen molar-refractivity contribution in [2.75, 3.05) is 32.7 Å². The zero-order chi connectivity index (χ0) is 19.5. The van der Waals surface area contributed by atoms with Crippen LogP contribution in [0.25, 0.3) is 10.9 Å². The lowest BCUT2D eigenvalue weighted by Crippen LogP contribution is -2.49. The molecule has 0 spiro atoms. The number of piperazine rings is 1. The lowest BCUT2D eigenvalue weighted by atomic mass is 10.1. The van der Waals surface area contributed by atoms with E-state index in [1.165, 1.54) is 0 Å². The van der Waals surface area contributed by atoms with Gasteiger partial charge in [-0.05, 0) is 53.8 Å². The molecular weight excluding hydrogens is 374 g/mol. The molecule has 0 radical (unpaired) electrons. The molecule has 144 valence electrons. The molecule has 1 aromatic heterocycles. The molecule has 0 saturated carbocycles. The van der Waals surface area contributed by atoms with Gasteiger partial charge in [-0.1, -0.05) is 17.7 Å². The number of aldehydes is 1. The molecule has 0 unspecified atom stereocenters. The van der Waals surface area contributed by atoms with E-state index >= 15 is 0 Å². The Kier molecular flexibility index (Phi) is 5.46. The van der Waals surface area contributed by atoms with Crippen LogP contribution in [0.3, 0.4) is 0 Å². The first-order valence-electron chi connectivity index (χ1n) is 9.46. The molecule has 0 bridgehead atoms. The predicted molar refractivity (Wildman–Crippen MR) is 111 cm³/mol. The minimum absolute atomic E-state index is 0.0780. The summed E-state index contributed by atoms with van der Waals surface area (Å²) in [5.74, 6) is 0.0780. The summed E-state index contributed by atoms with van der Waals surface area (Å²) in [6, 6.07) is 13.2. The number of nitrogens with zero attached hydrogens (tertiary/aromatic N) is 2. The standard InChI is InChI=1S/C22H22ClN3O2/c23-20-4-3-19(15-27)17(13-20)6-8-25-9-11-26(12-10-25)22(28)18-2-1-16-5-7-24-21(16)14-18/h1-5,7,13-15,24H,6,8-12H2. The highest BCUT2D eigenvalue weighted by Crippen LogP contribution is 2.18. The number of benzene rings is 2. The summed E-state index contributed by atoms with van der Waals surface area (Å²) in [5, 5.41) is 1.76. The lowest BCUT2D eigenvalue weighted by molar-refractivity contribution is 0.0638. The lowest BCUT2D eigenvalue weighted by Gasteiger charge is -2.34. The van der Waals surface area contributed by atoms with Crippen molar-refractivity contribution in [3.63, 3.8) is 0 Å². The maximum atomic E-state index is 12.8. The summed E-state index contributed by atoms with van der Waals surface area (Å²) in [7, 11) is 0. The number of halogens is 1. The summed E-state index contributed by atoms with van der Waals surface area (Å²) >= 11 is 6.06. The van der Waals surface area contributed by atoms with E-state index in [1.54, 1.807) is 12.1 Å². The monoisotopic (exact) mass is 395 g/mol. The predicted octanol–water partition coefficient (Wildman–Crippen LogP) is 3.63. The summed E-state index contributed by atoms with van der Waals surface area (Å²) in [5.41, 5.74) is 3.37. The average Bonchev–Trinajstić information content (AvgIpc) is 3.20. The molecule has 1 aliphatic heterocycles. The number of rotatable bonds is 5. The van der Waals surface area contributed by atoms with Gasteiger partial charge in [-0.25, -0.2) is 0 Å². The number of aromatic amines is 1. The van der Waals surface area contributed by atoms with Gasteiger partial charge in [0, 0.05) is 60.6 Å². The van der Waals surface area contributed by atoms with Gasteiger partial charge in [0.05, 0.1) is 0 Å². The van der Waals surface area contributed by atoms with Crippen LogP contribution in [0.4, 0.5) is 0 Å². The summed E-state index contributed by atoms with van der Waals surface area (Å²) in [6.07, 6.45) is 3.53. The van der Waals surface area contributed by atoms with Gasteiger partial charge in [-0.3, -0.25) is 14.5 Å². The van der Waals surface area contributed by atoms with Crippen LogP contribution in [0.5, 0.6) is 0 Å². The Morgan fingerprint density at radius 2 is 1.89 bits per heavy atom. The SMILES string of the molecule is O=Cc1ccc(Cl)cc1CCN1CCN(C(=O)c2ccc3cc[nH]c3c2)CC1. The van der Waals surface area contributed by atoms with Gasteiger partial charge in [0.2, 0.25) is 0 Å². The quantitative estimate of drug-likeness (QED) is 0.671. The Bertz CT molecular complexity index is 1010. The van der Waals surface area contributed by atoms with Crippen LogP contribution >= 0.6 is 11.6 Å². The van der Waals surface area contributed by atoms with E-state index in [0.29, 0.717) is 23.7 Å². The minimum atomic E-state index is 0.0780. The highest BCUT2D eigenvalue weighted by atomic mass is 35.5. The first-order valence-corrected chi connectivity index (χ1v) is 9.84. The number of hydrogen-bond acceptors (Lipinski definition) is 3. The number of aromatic nitrogens is 1. The third kappa shape index (κ3) is 3.96. The number of carbonyl (C=O) groups is 2. The average molecular weight is 396 g/mol. The molecule has 2 heterocycles. The maximum absolute atomic E-state index is 12.8. The second kappa shape index (κ2) is 8.17. The van der Waals surface area contributed by atoms with Crippen LogP contribution in [-0.2, 0) is 6.42 Å². The molecule has 1 aliphatic rings. The summed E-state index contributed by atoms with van der Waals surface area (Å²) in [6.45, 7) is 3.91. The van der Waals surface area contributed by atoms with Crippen molar-refractivity contribution in [3.8, 4) is 0 Å². The van der Waals surface area contributed by atoms with E-state index in [0.717, 1.165) is 54.4 Å². The Morgan fingerprint density at radius 3 is 2.68 bits per heavy atom. The molecule has 0 atom stereocenters. The molecule has 5 nitrogen and oxygen atoms in total. The van der Waals surface area contributed by atoms with Gasteiger partial charge < -0.3 is 9.88 Å². The molecule has 28 heavy (non-hydrogen) atoms. The fourth-order valence-corrected chi connectivity index (χ4v) is 3.92. The van der Waals surface area contributed by atoms with Gasteiger partial charge in [-0.15, -0.1) is 0 Å². The van der Waals surface area contributed by atoms with E-state index in [2.05, 4.69) is 9.88 Å². The van der Waals surface area contributed by atoms with Crippen molar-refractivity contribution >= 4 is 34.7 Å². The zero-order valence-electron chi connectivity index (χ0n) is 15.5. The topological polar surface area (TPSA) is 56.4 Å². The molecule has 4 rings (SSSR count). The Hall–Kier alpha value is -2.63. The summed E-state index contributed by atoms with van der Waals surface area (Å²) < 4.78 is 0. The van der Waals surface area contributed by atoms with E-state index < -0.39 is 0 Å². The van der Waals surface area contributed by atoms with Crippen LogP contribution < -0.4 is 0 Å². The molecule has 1 N–H and O–H groups in total. The molecule has 3 aromatic rings. The van der Waals surface area contributed by atoms with Crippen LogP contribution in [-0.4, -0.2) is 59.7 Å². The van der Waals surface area contributed by atoms with Gasteiger partial charge in [0.1, 0.15) is 6.29 Å². The normalized spacial score (nSPS) is 15.1. The molecule has 1 saturated heterocycles. The van der Waals surface area contributed by atoms with E-state index in [4.69, 9.17) is 11.6 Å². The van der Waals surface area contributed by atoms with Crippen LogP contribution in [0, 0.1) is 0 Å². The van der Waals surface area contributed by atoms with Gasteiger partial charge in [0.25, 0.3) is 5.91 Å². The number of hydrogen-bond donors (Lipinski definition) is 1. The first kappa shape index (κ1) is 18.7. The number of amides is 1. The van der Waals surface area contributed by atoms with Gasteiger partial charge in [0.15, 0.2) is 0 Å². The number of fused-ring (bicyclic) bond motifs is 1. The van der Waals surface area contributed by atoms with Crippen LogP contribution in [0.15, 0.2) is 48.7 Å². The van der Waals surface area contributed by atoms with Crippen molar-refractivity contribution in [2.45, 2.75) is 6.42 Å². The summed E-state index contributed by atoms with van der Waals surface area (Å²) in [4.78, 5) is 31.4. The van der Waals surface area contributed by atoms with E-state index in [-0.39, 0.29) is 5.91 Å². The fourth-order valence-electron chi connectivity index (χ4n) is 3.72. The van der Waals surface area contributed by atoms with E-state index in [1.807, 2.05) is 41.4 Å². The van der Waals surface area contributed by atoms with E-state index in [9.17, 15) is 9.59 Å². The maximum Gasteiger partial charge on any atom is 0.254 e.